The average molecular weight is 505 g/mol. The first-order valence-corrected chi connectivity index (χ1v) is 12.8. The van der Waals surface area contributed by atoms with E-state index in [0.29, 0.717) is 22.8 Å². The summed E-state index contributed by atoms with van der Waals surface area (Å²) in [5, 5.41) is 8.87. The quantitative estimate of drug-likeness (QED) is 0.259. The Kier molecular flexibility index (Phi) is 5.94. The van der Waals surface area contributed by atoms with Gasteiger partial charge in [0.05, 0.1) is 19.7 Å². The fourth-order valence-corrected chi connectivity index (χ4v) is 5.63. The summed E-state index contributed by atoms with van der Waals surface area (Å²) in [7, 11) is 3.28. The van der Waals surface area contributed by atoms with E-state index in [1.165, 1.54) is 10.1 Å². The van der Waals surface area contributed by atoms with Crippen molar-refractivity contribution in [1.29, 1.82) is 0 Å². The lowest BCUT2D eigenvalue weighted by Gasteiger charge is -2.12. The van der Waals surface area contributed by atoms with Gasteiger partial charge < -0.3 is 14.8 Å². The van der Waals surface area contributed by atoms with Gasteiger partial charge in [0.1, 0.15) is 11.5 Å². The van der Waals surface area contributed by atoms with Crippen LogP contribution < -0.4 is 20.2 Å². The zero-order chi connectivity index (χ0) is 25.4. The Morgan fingerprint density at radius 1 is 0.865 bits per heavy atom. The van der Waals surface area contributed by atoms with Crippen LogP contribution in [0.5, 0.6) is 11.5 Å². The molecule has 37 heavy (non-hydrogen) atoms. The van der Waals surface area contributed by atoms with Gasteiger partial charge in [-0.1, -0.05) is 30.3 Å². The largest absolute Gasteiger partial charge is 0.497 e. The second-order valence-electron chi connectivity index (χ2n) is 8.80. The number of hydrogen-bond acceptors (Lipinski definition) is 6. The standard InChI is InChI=1S/C31H24N2O3S/c1-35-23-11-8-20(29(15-23)36-2)16-32-22-10-7-19-9-12-28-26(31(34)25(19)14-22)13-21(17-33-28)27-18-37-30-6-4-3-5-24(27)30/h3-15,17-18,32H,16H2,1-2H3. The molecule has 6 rings (SSSR count). The average Bonchev–Trinajstić information content (AvgIpc) is 3.33. The number of hydrogen-bond donors (Lipinski definition) is 1. The van der Waals surface area contributed by atoms with Crippen LogP contribution in [0.3, 0.4) is 0 Å². The molecule has 0 aliphatic rings. The molecule has 6 aromatic rings. The molecule has 0 saturated heterocycles. The fourth-order valence-electron chi connectivity index (χ4n) is 4.66. The molecule has 0 aliphatic heterocycles. The van der Waals surface area contributed by atoms with E-state index >= 15 is 0 Å². The number of nitrogens with zero attached hydrogens (tertiary/aromatic N) is 1. The Morgan fingerprint density at radius 2 is 1.73 bits per heavy atom. The van der Waals surface area contributed by atoms with Gasteiger partial charge in [0.25, 0.3) is 0 Å². The molecule has 0 unspecified atom stereocenters. The number of fused-ring (bicyclic) bond motifs is 3. The number of nitrogens with one attached hydrogen (secondary N) is 1. The van der Waals surface area contributed by atoms with Crippen molar-refractivity contribution in [2.75, 3.05) is 19.5 Å². The summed E-state index contributed by atoms with van der Waals surface area (Å²) in [4.78, 5) is 18.4. The number of thiophene rings is 1. The second-order valence-corrected chi connectivity index (χ2v) is 9.71. The number of pyridine rings is 1. The highest BCUT2D eigenvalue weighted by atomic mass is 32.1. The molecule has 5 nitrogen and oxygen atoms in total. The molecule has 1 N–H and O–H groups in total. The van der Waals surface area contributed by atoms with Crippen molar-refractivity contribution < 1.29 is 9.47 Å². The lowest BCUT2D eigenvalue weighted by atomic mass is 10.0. The van der Waals surface area contributed by atoms with Crippen molar-refractivity contribution >= 4 is 48.8 Å². The minimum atomic E-state index is -0.0328. The first-order valence-electron chi connectivity index (χ1n) is 11.9. The predicted octanol–water partition coefficient (Wildman–Crippen LogP) is 7.26. The Balaban J connectivity index is 1.40. The molecule has 0 radical (unpaired) electrons. The lowest BCUT2D eigenvalue weighted by molar-refractivity contribution is 0.391. The van der Waals surface area contributed by atoms with Crippen molar-refractivity contribution in [1.82, 2.24) is 4.98 Å². The van der Waals surface area contributed by atoms with E-state index in [0.717, 1.165) is 39.3 Å². The number of anilines is 1. The molecular formula is C31H24N2O3S. The van der Waals surface area contributed by atoms with Crippen LogP contribution in [0.4, 0.5) is 5.69 Å². The third-order valence-corrected chi connectivity index (χ3v) is 7.61. The van der Waals surface area contributed by atoms with Gasteiger partial charge in [0.2, 0.25) is 0 Å². The Bertz CT molecular complexity index is 1840. The summed E-state index contributed by atoms with van der Waals surface area (Å²) in [6, 6.07) is 25.8. The van der Waals surface area contributed by atoms with Crippen LogP contribution in [0, 0.1) is 0 Å². The monoisotopic (exact) mass is 504 g/mol. The molecule has 4 aromatic carbocycles. The van der Waals surface area contributed by atoms with Gasteiger partial charge in [-0.2, -0.15) is 0 Å². The van der Waals surface area contributed by atoms with Gasteiger partial charge in [-0.15, -0.1) is 11.3 Å². The summed E-state index contributed by atoms with van der Waals surface area (Å²) in [6.45, 7) is 0.545. The topological polar surface area (TPSA) is 60.5 Å². The maximum atomic E-state index is 13.8. The van der Waals surface area contributed by atoms with Crippen LogP contribution in [0.1, 0.15) is 5.56 Å². The van der Waals surface area contributed by atoms with Crippen LogP contribution in [0.25, 0.3) is 42.9 Å². The molecular weight excluding hydrogens is 480 g/mol. The summed E-state index contributed by atoms with van der Waals surface area (Å²) < 4.78 is 12.0. The molecule has 2 aromatic heterocycles. The van der Waals surface area contributed by atoms with E-state index < -0.39 is 0 Å². The summed E-state index contributed by atoms with van der Waals surface area (Å²) >= 11 is 1.70. The van der Waals surface area contributed by atoms with E-state index in [2.05, 4.69) is 27.8 Å². The number of methoxy groups -OCH3 is 2. The highest BCUT2D eigenvalue weighted by Crippen LogP contribution is 2.34. The van der Waals surface area contributed by atoms with Crippen molar-refractivity contribution in [2.45, 2.75) is 6.54 Å². The van der Waals surface area contributed by atoms with Crippen molar-refractivity contribution in [2.24, 2.45) is 0 Å². The van der Waals surface area contributed by atoms with Crippen molar-refractivity contribution in [3.8, 4) is 22.6 Å². The van der Waals surface area contributed by atoms with Gasteiger partial charge in [-0.05, 0) is 53.2 Å². The van der Waals surface area contributed by atoms with E-state index in [9.17, 15) is 4.79 Å². The minimum absolute atomic E-state index is 0.0328. The van der Waals surface area contributed by atoms with Crippen molar-refractivity contribution in [3.63, 3.8) is 0 Å². The number of ether oxygens (including phenoxy) is 2. The number of aromatic nitrogens is 1. The molecule has 0 aliphatic carbocycles. The van der Waals surface area contributed by atoms with E-state index in [1.807, 2.05) is 72.9 Å². The van der Waals surface area contributed by atoms with E-state index in [1.54, 1.807) is 25.6 Å². The molecule has 0 saturated carbocycles. The van der Waals surface area contributed by atoms with Crippen LogP contribution in [0.15, 0.2) is 95.2 Å². The molecule has 0 atom stereocenters. The smallest absolute Gasteiger partial charge is 0.195 e. The van der Waals surface area contributed by atoms with Gasteiger partial charge in [-0.25, -0.2) is 0 Å². The first-order chi connectivity index (χ1) is 18.1. The second kappa shape index (κ2) is 9.56. The van der Waals surface area contributed by atoms with Gasteiger partial charge in [0.15, 0.2) is 5.43 Å². The third-order valence-electron chi connectivity index (χ3n) is 6.65. The van der Waals surface area contributed by atoms with Crippen LogP contribution in [0.2, 0.25) is 0 Å². The molecule has 0 amide bonds. The maximum Gasteiger partial charge on any atom is 0.195 e. The SMILES string of the molecule is COc1ccc(CNc2ccc3ccc4ncc(-c5csc6ccccc56)cc4c(=O)c3c2)c(OC)c1. The lowest BCUT2D eigenvalue weighted by Crippen LogP contribution is -2.04. The van der Waals surface area contributed by atoms with Crippen molar-refractivity contribution in [3.05, 3.63) is 106 Å². The third kappa shape index (κ3) is 4.26. The molecule has 2 heterocycles. The maximum absolute atomic E-state index is 13.8. The predicted molar refractivity (Wildman–Crippen MR) is 153 cm³/mol. The summed E-state index contributed by atoms with van der Waals surface area (Å²) in [5.74, 6) is 1.49. The summed E-state index contributed by atoms with van der Waals surface area (Å²) in [5.41, 5.74) is 4.54. The Labute approximate surface area is 217 Å². The molecule has 0 fully saturated rings. The number of benzene rings is 3. The van der Waals surface area contributed by atoms with Crippen LogP contribution >= 0.6 is 11.3 Å². The van der Waals surface area contributed by atoms with Gasteiger partial charge >= 0.3 is 0 Å². The normalized spacial score (nSPS) is 11.2. The highest BCUT2D eigenvalue weighted by molar-refractivity contribution is 7.17. The van der Waals surface area contributed by atoms with Crippen LogP contribution in [-0.2, 0) is 6.54 Å². The zero-order valence-electron chi connectivity index (χ0n) is 20.4. The first kappa shape index (κ1) is 23.0. The van der Waals surface area contributed by atoms with Gasteiger partial charge in [0, 0.05) is 62.0 Å². The summed E-state index contributed by atoms with van der Waals surface area (Å²) in [6.07, 6.45) is 1.86. The van der Waals surface area contributed by atoms with E-state index in [-0.39, 0.29) is 5.43 Å². The van der Waals surface area contributed by atoms with Gasteiger partial charge in [-0.3, -0.25) is 9.78 Å². The Hall–Kier alpha value is -4.42. The highest BCUT2D eigenvalue weighted by Gasteiger charge is 2.11. The molecule has 6 heteroatoms. The fraction of sp³-hybridized carbons (Fsp3) is 0.0968. The Morgan fingerprint density at radius 3 is 2.59 bits per heavy atom. The zero-order valence-corrected chi connectivity index (χ0v) is 21.3. The molecule has 0 spiro atoms. The van der Waals surface area contributed by atoms with E-state index in [4.69, 9.17) is 9.47 Å². The molecule has 182 valence electrons. The van der Waals surface area contributed by atoms with Crippen LogP contribution in [-0.4, -0.2) is 19.2 Å². The number of rotatable bonds is 6. The minimum Gasteiger partial charge on any atom is -0.497 e. The molecule has 0 bridgehead atoms.